The van der Waals surface area contributed by atoms with Crippen LogP contribution in [-0.4, -0.2) is 28.0 Å². The zero-order chi connectivity index (χ0) is 14.4. The molecule has 0 unspecified atom stereocenters. The number of hydrogen-bond donors (Lipinski definition) is 1. The van der Waals surface area contributed by atoms with Gasteiger partial charge in [0.25, 0.3) is 0 Å². The normalized spacial score (nSPS) is 16.1. The number of rotatable bonds is 4. The van der Waals surface area contributed by atoms with Crippen LogP contribution in [0.15, 0.2) is 24.5 Å². The molecule has 1 aromatic rings. The molecule has 0 aliphatic heterocycles. The molecule has 0 spiro atoms. The van der Waals surface area contributed by atoms with Crippen molar-refractivity contribution in [2.24, 2.45) is 0 Å². The van der Waals surface area contributed by atoms with Gasteiger partial charge in [0, 0.05) is 31.0 Å². The molecule has 0 saturated heterocycles. The van der Waals surface area contributed by atoms with E-state index in [1.165, 1.54) is 19.3 Å². The average molecular weight is 275 g/mol. The maximum Gasteiger partial charge on any atom is 0.318 e. The van der Waals surface area contributed by atoms with Crippen molar-refractivity contribution in [2.75, 3.05) is 0 Å². The molecule has 1 N–H and O–H groups in total. The summed E-state index contributed by atoms with van der Waals surface area (Å²) in [5.74, 6) is 0. The summed E-state index contributed by atoms with van der Waals surface area (Å²) in [5, 5.41) is 3.19. The molecule has 1 aromatic heterocycles. The third kappa shape index (κ3) is 4.22. The van der Waals surface area contributed by atoms with Gasteiger partial charge in [0.05, 0.1) is 0 Å². The van der Waals surface area contributed by atoms with Crippen molar-refractivity contribution >= 4 is 6.03 Å². The van der Waals surface area contributed by atoms with Gasteiger partial charge in [0.2, 0.25) is 0 Å². The summed E-state index contributed by atoms with van der Waals surface area (Å²) in [5.41, 5.74) is 1.07. The van der Waals surface area contributed by atoms with Crippen LogP contribution in [0.4, 0.5) is 4.79 Å². The van der Waals surface area contributed by atoms with Gasteiger partial charge in [0.15, 0.2) is 0 Å². The minimum absolute atomic E-state index is 0.0516. The average Bonchev–Trinajstić information content (AvgIpc) is 2.46. The molecule has 1 aliphatic carbocycles. The van der Waals surface area contributed by atoms with Gasteiger partial charge in [-0.3, -0.25) is 4.98 Å². The molecule has 1 heterocycles. The van der Waals surface area contributed by atoms with E-state index in [4.69, 9.17) is 0 Å². The zero-order valence-corrected chi connectivity index (χ0v) is 12.5. The number of amides is 2. The van der Waals surface area contributed by atoms with Gasteiger partial charge in [-0.25, -0.2) is 4.79 Å². The van der Waals surface area contributed by atoms with E-state index < -0.39 is 0 Å². The molecule has 4 heteroatoms. The van der Waals surface area contributed by atoms with E-state index in [0.29, 0.717) is 12.6 Å². The van der Waals surface area contributed by atoms with E-state index in [2.05, 4.69) is 24.1 Å². The van der Waals surface area contributed by atoms with Crippen molar-refractivity contribution in [1.82, 2.24) is 15.2 Å². The van der Waals surface area contributed by atoms with Gasteiger partial charge in [-0.05, 0) is 38.3 Å². The van der Waals surface area contributed by atoms with Gasteiger partial charge in [-0.15, -0.1) is 0 Å². The van der Waals surface area contributed by atoms with Gasteiger partial charge in [0.1, 0.15) is 0 Å². The predicted molar refractivity (Wildman–Crippen MR) is 80.3 cm³/mol. The van der Waals surface area contributed by atoms with E-state index >= 15 is 0 Å². The molecule has 0 bridgehead atoms. The first kappa shape index (κ1) is 14.8. The lowest BCUT2D eigenvalue weighted by atomic mass is 9.96. The molecule has 0 aromatic carbocycles. The minimum atomic E-state index is 0.0516. The molecule has 110 valence electrons. The highest BCUT2D eigenvalue weighted by atomic mass is 16.2. The lowest BCUT2D eigenvalue weighted by molar-refractivity contribution is 0.172. The Balaban J connectivity index is 1.95. The molecule has 0 atom stereocenters. The summed E-state index contributed by atoms with van der Waals surface area (Å²) < 4.78 is 0. The number of hydrogen-bond acceptors (Lipinski definition) is 2. The number of carbonyl (C=O) groups is 1. The fraction of sp³-hybridized carbons (Fsp3) is 0.625. The standard InChI is InChI=1S/C16H25N3O/c1-13(2)19(12-14-7-6-10-17-11-14)16(20)18-15-8-4-3-5-9-15/h6-7,10-11,13,15H,3-5,8-9,12H2,1-2H3,(H,18,20). The first-order valence-corrected chi connectivity index (χ1v) is 7.63. The Hall–Kier alpha value is -1.58. The SMILES string of the molecule is CC(C)N(Cc1cccnc1)C(=O)NC1CCCCC1. The van der Waals surface area contributed by atoms with Gasteiger partial charge in [-0.2, -0.15) is 0 Å². The largest absolute Gasteiger partial charge is 0.335 e. The number of pyridine rings is 1. The van der Waals surface area contributed by atoms with Crippen molar-refractivity contribution in [1.29, 1.82) is 0 Å². The second-order valence-corrected chi connectivity index (χ2v) is 5.87. The topological polar surface area (TPSA) is 45.2 Å². The molecule has 1 saturated carbocycles. The fourth-order valence-corrected chi connectivity index (χ4v) is 2.68. The lowest BCUT2D eigenvalue weighted by Crippen LogP contribution is -2.47. The molecule has 1 aliphatic rings. The van der Waals surface area contributed by atoms with Crippen LogP contribution in [0, 0.1) is 0 Å². The van der Waals surface area contributed by atoms with Gasteiger partial charge >= 0.3 is 6.03 Å². The van der Waals surface area contributed by atoms with Crippen LogP contribution in [0.3, 0.4) is 0 Å². The Bertz CT molecular complexity index is 413. The summed E-state index contributed by atoms with van der Waals surface area (Å²) in [6.45, 7) is 4.72. The molecular formula is C16H25N3O. The van der Waals surface area contributed by atoms with Crippen LogP contribution in [0.5, 0.6) is 0 Å². The number of nitrogens with one attached hydrogen (secondary N) is 1. The highest BCUT2D eigenvalue weighted by Crippen LogP contribution is 2.18. The van der Waals surface area contributed by atoms with Crippen LogP contribution in [0.2, 0.25) is 0 Å². The summed E-state index contributed by atoms with van der Waals surface area (Å²) in [7, 11) is 0. The van der Waals surface area contributed by atoms with E-state index in [1.807, 2.05) is 23.2 Å². The number of nitrogens with zero attached hydrogens (tertiary/aromatic N) is 2. The summed E-state index contributed by atoms with van der Waals surface area (Å²) in [6.07, 6.45) is 9.57. The number of urea groups is 1. The second kappa shape index (κ2) is 7.27. The van der Waals surface area contributed by atoms with Crippen LogP contribution in [0.25, 0.3) is 0 Å². The van der Waals surface area contributed by atoms with Crippen molar-refractivity contribution in [3.63, 3.8) is 0 Å². The Labute approximate surface area is 121 Å². The Morgan fingerprint density at radius 1 is 1.40 bits per heavy atom. The lowest BCUT2D eigenvalue weighted by Gasteiger charge is -2.31. The fourth-order valence-electron chi connectivity index (χ4n) is 2.68. The number of aromatic nitrogens is 1. The molecule has 20 heavy (non-hydrogen) atoms. The van der Waals surface area contributed by atoms with Crippen molar-refractivity contribution in [2.45, 2.75) is 64.6 Å². The van der Waals surface area contributed by atoms with E-state index in [1.54, 1.807) is 6.20 Å². The summed E-state index contributed by atoms with van der Waals surface area (Å²) in [4.78, 5) is 18.4. The zero-order valence-electron chi connectivity index (χ0n) is 12.5. The highest BCUT2D eigenvalue weighted by Gasteiger charge is 2.21. The maximum absolute atomic E-state index is 12.5. The summed E-state index contributed by atoms with van der Waals surface area (Å²) >= 11 is 0. The van der Waals surface area contributed by atoms with Crippen LogP contribution in [-0.2, 0) is 6.54 Å². The minimum Gasteiger partial charge on any atom is -0.335 e. The highest BCUT2D eigenvalue weighted by molar-refractivity contribution is 5.74. The monoisotopic (exact) mass is 275 g/mol. The maximum atomic E-state index is 12.5. The van der Waals surface area contributed by atoms with Gasteiger partial charge < -0.3 is 10.2 Å². The van der Waals surface area contributed by atoms with Crippen LogP contribution in [0.1, 0.15) is 51.5 Å². The van der Waals surface area contributed by atoms with Gasteiger partial charge in [-0.1, -0.05) is 25.3 Å². The third-order valence-corrected chi connectivity index (χ3v) is 3.89. The van der Waals surface area contributed by atoms with E-state index in [9.17, 15) is 4.79 Å². The third-order valence-electron chi connectivity index (χ3n) is 3.89. The Morgan fingerprint density at radius 3 is 2.75 bits per heavy atom. The predicted octanol–water partition coefficient (Wildman–Crippen LogP) is 3.33. The summed E-state index contributed by atoms with van der Waals surface area (Å²) in [6, 6.07) is 4.50. The smallest absolute Gasteiger partial charge is 0.318 e. The molecule has 0 radical (unpaired) electrons. The van der Waals surface area contributed by atoms with Crippen LogP contribution < -0.4 is 5.32 Å². The second-order valence-electron chi connectivity index (χ2n) is 5.87. The van der Waals surface area contributed by atoms with Crippen molar-refractivity contribution < 1.29 is 4.79 Å². The molecule has 4 nitrogen and oxygen atoms in total. The first-order chi connectivity index (χ1) is 9.66. The van der Waals surface area contributed by atoms with Crippen molar-refractivity contribution in [3.05, 3.63) is 30.1 Å². The van der Waals surface area contributed by atoms with E-state index in [0.717, 1.165) is 18.4 Å². The van der Waals surface area contributed by atoms with Crippen molar-refractivity contribution in [3.8, 4) is 0 Å². The molecule has 2 rings (SSSR count). The Morgan fingerprint density at radius 2 is 2.15 bits per heavy atom. The quantitative estimate of drug-likeness (QED) is 0.916. The Kier molecular flexibility index (Phi) is 5.39. The van der Waals surface area contributed by atoms with E-state index in [-0.39, 0.29) is 12.1 Å². The van der Waals surface area contributed by atoms with Crippen LogP contribution >= 0.6 is 0 Å². The molecule has 1 fully saturated rings. The first-order valence-electron chi connectivity index (χ1n) is 7.63. The molecular weight excluding hydrogens is 250 g/mol. The number of carbonyl (C=O) groups excluding carboxylic acids is 1. The molecule has 2 amide bonds.